The Balaban J connectivity index is 2.12. The summed E-state index contributed by atoms with van der Waals surface area (Å²) in [6.07, 6.45) is 1.31. The maximum absolute atomic E-state index is 11.7. The molecule has 0 unspecified atom stereocenters. The van der Waals surface area contributed by atoms with Gasteiger partial charge in [0.2, 0.25) is 0 Å². The van der Waals surface area contributed by atoms with Crippen LogP contribution in [0.25, 0.3) is 0 Å². The number of carbonyl (C=O) groups excluding carboxylic acids is 1. The van der Waals surface area contributed by atoms with E-state index in [0.717, 1.165) is 0 Å². The second kappa shape index (κ2) is 7.10. The number of hydrogen-bond donors (Lipinski definition) is 2. The lowest BCUT2D eigenvalue weighted by atomic mass is 10.2. The largest absolute Gasteiger partial charge is 0.504 e. The van der Waals surface area contributed by atoms with E-state index in [1.807, 2.05) is 0 Å². The minimum absolute atomic E-state index is 0.0737. The van der Waals surface area contributed by atoms with Crippen molar-refractivity contribution >= 4 is 35.1 Å². The Labute approximate surface area is 130 Å². The van der Waals surface area contributed by atoms with Crippen molar-refractivity contribution in [1.29, 1.82) is 0 Å². The number of rotatable bonds is 5. The van der Waals surface area contributed by atoms with Crippen LogP contribution < -0.4 is 10.2 Å². The lowest BCUT2D eigenvalue weighted by molar-refractivity contribution is 0.0959. The summed E-state index contributed by atoms with van der Waals surface area (Å²) >= 11 is 7.26. The van der Waals surface area contributed by atoms with Crippen LogP contribution >= 0.6 is 22.9 Å². The van der Waals surface area contributed by atoms with Crippen LogP contribution in [0.4, 0.5) is 0 Å². The number of benzene rings is 1. The Hall–Kier alpha value is -2.05. The van der Waals surface area contributed by atoms with E-state index in [-0.39, 0.29) is 17.4 Å². The maximum Gasteiger partial charge on any atom is 0.281 e. The Morgan fingerprint density at radius 2 is 2.38 bits per heavy atom. The highest BCUT2D eigenvalue weighted by Crippen LogP contribution is 2.32. The van der Waals surface area contributed by atoms with Crippen molar-refractivity contribution in [2.45, 2.75) is 6.92 Å². The number of amides is 1. The molecule has 0 fully saturated rings. The van der Waals surface area contributed by atoms with Crippen LogP contribution in [0.5, 0.6) is 11.5 Å². The van der Waals surface area contributed by atoms with E-state index >= 15 is 0 Å². The number of ether oxygens (including phenoxy) is 1. The molecule has 0 spiro atoms. The summed E-state index contributed by atoms with van der Waals surface area (Å²) in [6.45, 7) is 2.20. The number of hydrazone groups is 1. The number of thiophene rings is 1. The highest BCUT2D eigenvalue weighted by Gasteiger charge is 2.09. The zero-order chi connectivity index (χ0) is 15.2. The molecule has 0 saturated carbocycles. The second-order valence-electron chi connectivity index (χ2n) is 3.95. The second-order valence-corrected chi connectivity index (χ2v) is 5.34. The van der Waals surface area contributed by atoms with Gasteiger partial charge in [0.25, 0.3) is 5.91 Å². The average Bonchev–Trinajstić information content (AvgIpc) is 2.98. The summed E-state index contributed by atoms with van der Waals surface area (Å²) in [4.78, 5) is 12.2. The van der Waals surface area contributed by atoms with Crippen molar-refractivity contribution in [3.8, 4) is 11.5 Å². The molecule has 2 rings (SSSR count). The van der Waals surface area contributed by atoms with Gasteiger partial charge in [0.05, 0.1) is 17.7 Å². The van der Waals surface area contributed by atoms with Gasteiger partial charge in [0.1, 0.15) is 0 Å². The van der Waals surface area contributed by atoms with E-state index in [0.29, 0.717) is 22.1 Å². The fourth-order valence-electron chi connectivity index (χ4n) is 1.58. The molecule has 0 aliphatic rings. The van der Waals surface area contributed by atoms with Crippen LogP contribution in [0.15, 0.2) is 34.7 Å². The van der Waals surface area contributed by atoms with Gasteiger partial charge in [-0.1, -0.05) is 17.7 Å². The summed E-state index contributed by atoms with van der Waals surface area (Å²) in [5.74, 6) is -0.112. The number of halogens is 1. The van der Waals surface area contributed by atoms with Crippen LogP contribution in [0.3, 0.4) is 0 Å². The number of phenols is 1. The third-order valence-corrected chi connectivity index (χ3v) is 3.57. The molecule has 110 valence electrons. The topological polar surface area (TPSA) is 70.9 Å². The molecule has 5 nitrogen and oxygen atoms in total. The van der Waals surface area contributed by atoms with Crippen molar-refractivity contribution in [2.75, 3.05) is 6.61 Å². The molecule has 1 aromatic carbocycles. The Bertz CT molecular complexity index is 656. The van der Waals surface area contributed by atoms with Gasteiger partial charge in [-0.2, -0.15) is 5.10 Å². The number of hydrogen-bond acceptors (Lipinski definition) is 5. The lowest BCUT2D eigenvalue weighted by Crippen LogP contribution is -2.16. The van der Waals surface area contributed by atoms with Crippen molar-refractivity contribution in [2.24, 2.45) is 5.10 Å². The van der Waals surface area contributed by atoms with Crippen LogP contribution in [-0.2, 0) is 0 Å². The van der Waals surface area contributed by atoms with Crippen LogP contribution in [-0.4, -0.2) is 23.8 Å². The summed E-state index contributed by atoms with van der Waals surface area (Å²) < 4.78 is 5.26. The molecule has 0 bridgehead atoms. The van der Waals surface area contributed by atoms with Gasteiger partial charge >= 0.3 is 0 Å². The Morgan fingerprint density at radius 1 is 1.57 bits per heavy atom. The summed E-state index contributed by atoms with van der Waals surface area (Å²) in [7, 11) is 0. The average molecular weight is 325 g/mol. The molecule has 7 heteroatoms. The summed E-state index contributed by atoms with van der Waals surface area (Å²) in [6, 6.07) is 6.52. The minimum atomic E-state index is -0.312. The van der Waals surface area contributed by atoms with Gasteiger partial charge in [0, 0.05) is 16.7 Å². The number of nitrogens with zero attached hydrogens (tertiary/aromatic N) is 1. The van der Waals surface area contributed by atoms with Crippen molar-refractivity contribution in [1.82, 2.24) is 5.43 Å². The van der Waals surface area contributed by atoms with Crippen LogP contribution in [0.2, 0.25) is 5.02 Å². The molecule has 21 heavy (non-hydrogen) atoms. The highest BCUT2D eigenvalue weighted by atomic mass is 35.5. The minimum Gasteiger partial charge on any atom is -0.504 e. The van der Waals surface area contributed by atoms with Crippen molar-refractivity contribution in [3.05, 3.63) is 45.1 Å². The van der Waals surface area contributed by atoms with Crippen molar-refractivity contribution < 1.29 is 14.6 Å². The van der Waals surface area contributed by atoms with Gasteiger partial charge in [-0.15, -0.1) is 11.3 Å². The molecule has 0 aliphatic heterocycles. The standard InChI is InChI=1S/C14H13ClN2O3S/c1-2-20-11-7-10(15)6-9(13(11)18)8-16-17-14(19)12-4-3-5-21-12/h3-8,18H,2H2,1H3,(H,17,19)/b16-8-. The molecule has 1 heterocycles. The first-order valence-electron chi connectivity index (χ1n) is 6.14. The SMILES string of the molecule is CCOc1cc(Cl)cc(/C=N\NC(=O)c2cccs2)c1O. The van der Waals surface area contributed by atoms with Gasteiger partial charge in [-0.25, -0.2) is 5.43 Å². The summed E-state index contributed by atoms with van der Waals surface area (Å²) in [5, 5.41) is 16.0. The van der Waals surface area contributed by atoms with E-state index in [2.05, 4.69) is 10.5 Å². The fourth-order valence-corrected chi connectivity index (χ4v) is 2.41. The normalized spacial score (nSPS) is 10.8. The molecule has 2 aromatic rings. The molecular weight excluding hydrogens is 312 g/mol. The Morgan fingerprint density at radius 3 is 3.05 bits per heavy atom. The van der Waals surface area contributed by atoms with Crippen LogP contribution in [0, 0.1) is 0 Å². The first-order valence-corrected chi connectivity index (χ1v) is 7.39. The molecule has 2 N–H and O–H groups in total. The third kappa shape index (κ3) is 3.96. The molecule has 0 aliphatic carbocycles. The Kier molecular flexibility index (Phi) is 5.19. The first-order chi connectivity index (χ1) is 10.1. The quantitative estimate of drug-likeness (QED) is 0.655. The van der Waals surface area contributed by atoms with Crippen molar-refractivity contribution in [3.63, 3.8) is 0 Å². The van der Waals surface area contributed by atoms with E-state index in [4.69, 9.17) is 16.3 Å². The lowest BCUT2D eigenvalue weighted by Gasteiger charge is -2.08. The number of nitrogens with one attached hydrogen (secondary N) is 1. The maximum atomic E-state index is 11.7. The number of carbonyl (C=O) groups is 1. The fraction of sp³-hybridized carbons (Fsp3) is 0.143. The van der Waals surface area contributed by atoms with Gasteiger partial charge in [-0.3, -0.25) is 4.79 Å². The molecular formula is C14H13ClN2O3S. The third-order valence-electron chi connectivity index (χ3n) is 2.48. The number of aromatic hydroxyl groups is 1. The molecule has 0 atom stereocenters. The van der Waals surface area contributed by atoms with E-state index in [1.54, 1.807) is 24.4 Å². The predicted molar refractivity (Wildman–Crippen MR) is 83.7 cm³/mol. The highest BCUT2D eigenvalue weighted by molar-refractivity contribution is 7.12. The van der Waals surface area contributed by atoms with E-state index < -0.39 is 0 Å². The molecule has 0 saturated heterocycles. The van der Waals surface area contributed by atoms with E-state index in [1.165, 1.54) is 29.7 Å². The van der Waals surface area contributed by atoms with Gasteiger partial charge < -0.3 is 9.84 Å². The predicted octanol–water partition coefficient (Wildman–Crippen LogP) is 3.27. The zero-order valence-corrected chi connectivity index (χ0v) is 12.7. The van der Waals surface area contributed by atoms with Gasteiger partial charge in [0.15, 0.2) is 11.5 Å². The van der Waals surface area contributed by atoms with Crippen LogP contribution in [0.1, 0.15) is 22.2 Å². The van der Waals surface area contributed by atoms with E-state index in [9.17, 15) is 9.90 Å². The first kappa shape index (κ1) is 15.3. The molecule has 0 radical (unpaired) electrons. The zero-order valence-electron chi connectivity index (χ0n) is 11.2. The molecule has 1 amide bonds. The number of phenolic OH excluding ortho intramolecular Hbond substituents is 1. The smallest absolute Gasteiger partial charge is 0.281 e. The van der Waals surface area contributed by atoms with Gasteiger partial charge in [-0.05, 0) is 24.4 Å². The summed E-state index contributed by atoms with van der Waals surface area (Å²) in [5.41, 5.74) is 2.74. The monoisotopic (exact) mass is 324 g/mol. The molecule has 1 aromatic heterocycles.